The van der Waals surface area contributed by atoms with Gasteiger partial charge in [-0.05, 0) is 0 Å². The largest absolute Gasteiger partial charge is 0.341 e. The normalized spacial score (nSPS) is 22.8. The molecule has 1 N–H and O–H groups in total. The van der Waals surface area contributed by atoms with Crippen LogP contribution in [-0.2, 0) is 9.59 Å². The smallest absolute Gasteiger partial charge is 0.245 e. The fourth-order valence-corrected chi connectivity index (χ4v) is 1.17. The molecule has 2 aliphatic rings. The van der Waals surface area contributed by atoms with Crippen molar-refractivity contribution in [3.05, 3.63) is 11.9 Å². The van der Waals surface area contributed by atoms with Gasteiger partial charge in [-0.3, -0.25) is 9.59 Å². The van der Waals surface area contributed by atoms with E-state index >= 15 is 0 Å². The van der Waals surface area contributed by atoms with E-state index in [2.05, 4.69) is 5.32 Å². The van der Waals surface area contributed by atoms with Crippen LogP contribution in [0, 0.1) is 0 Å². The van der Waals surface area contributed by atoms with Crippen LogP contribution in [0.1, 0.15) is 0 Å². The van der Waals surface area contributed by atoms with Crippen molar-refractivity contribution in [2.75, 3.05) is 13.1 Å². The summed E-state index contributed by atoms with van der Waals surface area (Å²) in [5.74, 6) is 0.698. The summed E-state index contributed by atoms with van der Waals surface area (Å²) in [6.45, 7) is 0.686. The molecular weight excluding hydrogens is 132 g/mol. The number of rotatable bonds is 0. The quantitative estimate of drug-likeness (QED) is 0.459. The third-order valence-corrected chi connectivity index (χ3v) is 1.59. The lowest BCUT2D eigenvalue weighted by molar-refractivity contribution is -0.118. The Morgan fingerprint density at radius 2 is 2.20 bits per heavy atom. The average molecular weight is 138 g/mol. The highest BCUT2D eigenvalue weighted by Crippen LogP contribution is 2.13. The Balaban J connectivity index is 2.29. The molecule has 0 unspecified atom stereocenters. The van der Waals surface area contributed by atoms with Gasteiger partial charge in [-0.2, -0.15) is 0 Å². The monoisotopic (exact) mass is 138 g/mol. The van der Waals surface area contributed by atoms with Crippen molar-refractivity contribution in [1.82, 2.24) is 10.2 Å². The third kappa shape index (κ3) is 0.618. The highest BCUT2D eigenvalue weighted by molar-refractivity contribution is 5.98. The Labute approximate surface area is 57.5 Å². The zero-order chi connectivity index (χ0) is 7.14. The van der Waals surface area contributed by atoms with Crippen molar-refractivity contribution in [1.29, 1.82) is 0 Å². The molecule has 2 aliphatic heterocycles. The number of hydrogen-bond acceptors (Lipinski definition) is 3. The molecule has 52 valence electrons. The van der Waals surface area contributed by atoms with Gasteiger partial charge in [0.25, 0.3) is 0 Å². The van der Waals surface area contributed by atoms with Crippen molar-refractivity contribution in [2.45, 2.75) is 0 Å². The maximum Gasteiger partial charge on any atom is 0.245 e. The molecule has 0 aromatic rings. The summed E-state index contributed by atoms with van der Waals surface area (Å²) in [5.41, 5.74) is 0. The molecule has 0 aromatic heterocycles. The van der Waals surface area contributed by atoms with Crippen molar-refractivity contribution in [3.8, 4) is 0 Å². The Hall–Kier alpha value is -1.32. The predicted molar refractivity (Wildman–Crippen MR) is 32.8 cm³/mol. The standard InChI is InChI=1S/C6H6N2O2/c9-4-1-5-7-6(10)3-8(5)2-4/h1H,2-3H2,(H,7,10). The number of amides is 1. The minimum atomic E-state index is -0.0289. The number of fused-ring (bicyclic) bond motifs is 1. The summed E-state index contributed by atoms with van der Waals surface area (Å²) in [7, 11) is 0. The average Bonchev–Trinajstić information content (AvgIpc) is 2.21. The maximum absolute atomic E-state index is 10.7. The summed E-state index contributed by atoms with van der Waals surface area (Å²) in [5, 5.41) is 2.57. The SMILES string of the molecule is O=C1C=C2NC(=O)CN2C1. The second-order valence-corrected chi connectivity index (χ2v) is 2.40. The van der Waals surface area contributed by atoms with Gasteiger partial charge in [0, 0.05) is 6.08 Å². The number of nitrogens with zero attached hydrogens (tertiary/aromatic N) is 1. The van der Waals surface area contributed by atoms with Crippen molar-refractivity contribution < 1.29 is 9.59 Å². The van der Waals surface area contributed by atoms with Crippen LogP contribution in [-0.4, -0.2) is 29.7 Å². The molecule has 1 fully saturated rings. The van der Waals surface area contributed by atoms with Crippen LogP contribution in [0.2, 0.25) is 0 Å². The minimum absolute atomic E-state index is 0.0289. The van der Waals surface area contributed by atoms with Crippen LogP contribution in [0.4, 0.5) is 0 Å². The number of ketones is 1. The Bertz CT molecular complexity index is 244. The van der Waals surface area contributed by atoms with Crippen molar-refractivity contribution in [3.63, 3.8) is 0 Å². The van der Waals surface area contributed by atoms with Gasteiger partial charge in [0.15, 0.2) is 5.78 Å². The number of carbonyl (C=O) groups is 2. The highest BCUT2D eigenvalue weighted by Gasteiger charge is 2.29. The summed E-state index contributed by atoms with van der Waals surface area (Å²) in [6.07, 6.45) is 1.46. The molecule has 10 heavy (non-hydrogen) atoms. The topological polar surface area (TPSA) is 49.4 Å². The molecular formula is C6H6N2O2. The molecule has 0 saturated carbocycles. The molecule has 4 nitrogen and oxygen atoms in total. The first-order valence-corrected chi connectivity index (χ1v) is 3.05. The number of carbonyl (C=O) groups excluding carboxylic acids is 2. The second kappa shape index (κ2) is 1.59. The predicted octanol–water partition coefficient (Wildman–Crippen LogP) is -1.16. The zero-order valence-electron chi connectivity index (χ0n) is 5.26. The first-order valence-electron chi connectivity index (χ1n) is 3.05. The summed E-state index contributed by atoms with van der Waals surface area (Å²) < 4.78 is 0. The van der Waals surface area contributed by atoms with Crippen molar-refractivity contribution in [2.24, 2.45) is 0 Å². The molecule has 0 radical (unpaired) electrons. The summed E-state index contributed by atoms with van der Waals surface area (Å²) in [4.78, 5) is 23.1. The lowest BCUT2D eigenvalue weighted by Crippen LogP contribution is -2.20. The molecule has 0 aliphatic carbocycles. The minimum Gasteiger partial charge on any atom is -0.341 e. The maximum atomic E-state index is 10.7. The van der Waals surface area contributed by atoms with Gasteiger partial charge in [0.1, 0.15) is 5.82 Å². The van der Waals surface area contributed by atoms with Crippen LogP contribution in [0.15, 0.2) is 11.9 Å². The molecule has 0 spiro atoms. The van der Waals surface area contributed by atoms with Crippen LogP contribution >= 0.6 is 0 Å². The van der Waals surface area contributed by atoms with Gasteiger partial charge < -0.3 is 10.2 Å². The Morgan fingerprint density at radius 3 is 2.90 bits per heavy atom. The number of nitrogens with one attached hydrogen (secondary N) is 1. The van der Waals surface area contributed by atoms with E-state index in [1.807, 2.05) is 0 Å². The van der Waals surface area contributed by atoms with E-state index in [-0.39, 0.29) is 11.7 Å². The van der Waals surface area contributed by atoms with Gasteiger partial charge >= 0.3 is 0 Å². The fraction of sp³-hybridized carbons (Fsp3) is 0.333. The van der Waals surface area contributed by atoms with Gasteiger partial charge in [-0.25, -0.2) is 0 Å². The van der Waals surface area contributed by atoms with Gasteiger partial charge in [0.05, 0.1) is 13.1 Å². The molecule has 2 rings (SSSR count). The van der Waals surface area contributed by atoms with Gasteiger partial charge in [-0.15, -0.1) is 0 Å². The lowest BCUT2D eigenvalue weighted by Gasteiger charge is -2.06. The highest BCUT2D eigenvalue weighted by atomic mass is 16.2. The third-order valence-electron chi connectivity index (χ3n) is 1.59. The molecule has 0 aromatic carbocycles. The van der Waals surface area contributed by atoms with Crippen LogP contribution in [0.3, 0.4) is 0 Å². The molecule has 4 heteroatoms. The van der Waals surface area contributed by atoms with Crippen molar-refractivity contribution >= 4 is 11.7 Å². The van der Waals surface area contributed by atoms with Crippen LogP contribution in [0.5, 0.6) is 0 Å². The molecule has 0 atom stereocenters. The van der Waals surface area contributed by atoms with E-state index in [1.165, 1.54) is 6.08 Å². The van der Waals surface area contributed by atoms with Gasteiger partial charge in [0.2, 0.25) is 5.91 Å². The number of hydrogen-bond donors (Lipinski definition) is 1. The Kier molecular flexibility index (Phi) is 0.869. The first-order chi connectivity index (χ1) is 4.75. The first kappa shape index (κ1) is 5.46. The van der Waals surface area contributed by atoms with E-state index < -0.39 is 0 Å². The second-order valence-electron chi connectivity index (χ2n) is 2.40. The Morgan fingerprint density at radius 1 is 1.40 bits per heavy atom. The molecule has 2 heterocycles. The van der Waals surface area contributed by atoms with E-state index in [4.69, 9.17) is 0 Å². The van der Waals surface area contributed by atoms with Crippen LogP contribution < -0.4 is 5.32 Å². The summed E-state index contributed by atoms with van der Waals surface area (Å²) in [6, 6.07) is 0. The van der Waals surface area contributed by atoms with E-state index in [9.17, 15) is 9.59 Å². The van der Waals surface area contributed by atoms with E-state index in [1.54, 1.807) is 4.90 Å². The van der Waals surface area contributed by atoms with E-state index in [0.717, 1.165) is 0 Å². The zero-order valence-corrected chi connectivity index (χ0v) is 5.26. The fourth-order valence-electron chi connectivity index (χ4n) is 1.17. The van der Waals surface area contributed by atoms with E-state index in [0.29, 0.717) is 18.9 Å². The molecule has 0 bridgehead atoms. The molecule has 1 saturated heterocycles. The van der Waals surface area contributed by atoms with Gasteiger partial charge in [-0.1, -0.05) is 0 Å². The summed E-state index contributed by atoms with van der Waals surface area (Å²) >= 11 is 0. The lowest BCUT2D eigenvalue weighted by atomic mass is 10.4. The molecule has 1 amide bonds. The van der Waals surface area contributed by atoms with Crippen LogP contribution in [0.25, 0.3) is 0 Å².